The summed E-state index contributed by atoms with van der Waals surface area (Å²) in [6.45, 7) is 6.01. The summed E-state index contributed by atoms with van der Waals surface area (Å²) < 4.78 is 5.76. The molecule has 2 heterocycles. The highest BCUT2D eigenvalue weighted by molar-refractivity contribution is 5.99. The summed E-state index contributed by atoms with van der Waals surface area (Å²) in [4.78, 5) is 15.7. The summed E-state index contributed by atoms with van der Waals surface area (Å²) in [5.74, 6) is 0.591. The van der Waals surface area contributed by atoms with E-state index in [4.69, 9.17) is 4.74 Å². The van der Waals surface area contributed by atoms with Crippen molar-refractivity contribution in [1.82, 2.24) is 4.98 Å². The number of fused-ring (bicyclic) bond motifs is 1. The summed E-state index contributed by atoms with van der Waals surface area (Å²) in [6, 6.07) is 16.8. The van der Waals surface area contributed by atoms with Gasteiger partial charge in [-0.3, -0.25) is 4.79 Å². The maximum atomic E-state index is 12.3. The van der Waals surface area contributed by atoms with Gasteiger partial charge in [0, 0.05) is 23.9 Å². The fourth-order valence-corrected chi connectivity index (χ4v) is 3.58. The molecule has 3 nitrogen and oxygen atoms in total. The molecule has 0 amide bonds. The summed E-state index contributed by atoms with van der Waals surface area (Å²) in [5, 5.41) is 2.33. The highest BCUT2D eigenvalue weighted by Gasteiger charge is 2.40. The number of ether oxygens (including phenoxy) is 1. The van der Waals surface area contributed by atoms with Crippen molar-refractivity contribution in [3.8, 4) is 0 Å². The Morgan fingerprint density at radius 2 is 1.92 bits per heavy atom. The van der Waals surface area contributed by atoms with Crippen molar-refractivity contribution in [3.63, 3.8) is 0 Å². The van der Waals surface area contributed by atoms with Crippen molar-refractivity contribution in [2.75, 3.05) is 0 Å². The molecule has 0 atom stereocenters. The van der Waals surface area contributed by atoms with Crippen LogP contribution in [0.4, 0.5) is 0 Å². The molecule has 1 fully saturated rings. The molecule has 1 aliphatic rings. The number of nitrogens with one attached hydrogen (secondary N) is 1. The number of aromatic nitrogens is 1. The number of allylic oxidation sites excluding steroid dienone is 1. The van der Waals surface area contributed by atoms with E-state index in [9.17, 15) is 4.79 Å². The monoisotopic (exact) mass is 345 g/mol. The molecule has 4 rings (SSSR count). The fourth-order valence-electron chi connectivity index (χ4n) is 3.58. The van der Waals surface area contributed by atoms with Gasteiger partial charge in [-0.15, -0.1) is 0 Å². The lowest BCUT2D eigenvalue weighted by Gasteiger charge is -2.13. The zero-order chi connectivity index (χ0) is 18.3. The third kappa shape index (κ3) is 2.74. The van der Waals surface area contributed by atoms with E-state index in [0.29, 0.717) is 6.42 Å². The lowest BCUT2D eigenvalue weighted by Crippen LogP contribution is -2.16. The van der Waals surface area contributed by atoms with Crippen LogP contribution in [0, 0.1) is 5.41 Å². The van der Waals surface area contributed by atoms with Gasteiger partial charge in [0.15, 0.2) is 0 Å². The van der Waals surface area contributed by atoms with Gasteiger partial charge in [0.2, 0.25) is 0 Å². The first-order valence-corrected chi connectivity index (χ1v) is 9.11. The van der Waals surface area contributed by atoms with E-state index in [1.807, 2.05) is 32.2 Å². The van der Waals surface area contributed by atoms with Crippen LogP contribution in [0.3, 0.4) is 0 Å². The maximum Gasteiger partial charge on any atom is 0.317 e. The SMILES string of the molecule is CCc1c[nH]c(/C(=C2\CC(C)(C)C(=O)O2)c2cccc3ccccc23)c1. The van der Waals surface area contributed by atoms with Crippen molar-refractivity contribution in [2.45, 2.75) is 33.6 Å². The van der Waals surface area contributed by atoms with Crippen LogP contribution in [0.2, 0.25) is 0 Å². The molecular formula is C23H23NO2. The number of benzene rings is 2. The molecule has 0 bridgehead atoms. The van der Waals surface area contributed by atoms with E-state index >= 15 is 0 Å². The molecule has 0 spiro atoms. The molecule has 1 aliphatic heterocycles. The van der Waals surface area contributed by atoms with Crippen LogP contribution in [-0.2, 0) is 16.0 Å². The molecule has 1 N–H and O–H groups in total. The largest absolute Gasteiger partial charge is 0.430 e. The van der Waals surface area contributed by atoms with Crippen LogP contribution in [-0.4, -0.2) is 11.0 Å². The van der Waals surface area contributed by atoms with Crippen LogP contribution in [0.5, 0.6) is 0 Å². The molecule has 3 heteroatoms. The predicted molar refractivity (Wildman–Crippen MR) is 105 cm³/mol. The minimum Gasteiger partial charge on any atom is -0.430 e. The second-order valence-corrected chi connectivity index (χ2v) is 7.55. The van der Waals surface area contributed by atoms with Crippen molar-refractivity contribution in [1.29, 1.82) is 0 Å². The number of hydrogen-bond donors (Lipinski definition) is 1. The average Bonchev–Trinajstić information content (AvgIpc) is 3.20. The van der Waals surface area contributed by atoms with Crippen molar-refractivity contribution in [3.05, 3.63) is 77.3 Å². The quantitative estimate of drug-likeness (QED) is 0.640. The van der Waals surface area contributed by atoms with Crippen LogP contribution < -0.4 is 0 Å². The standard InChI is InChI=1S/C23H23NO2/c1-4-15-12-19(24-14-15)21(20-13-23(2,3)22(25)26-20)18-11-7-9-16-8-5-6-10-17(16)18/h5-12,14,24H,4,13H2,1-3H3/b21-20+. The number of carbonyl (C=O) groups excluding carboxylic acids is 1. The Kier molecular flexibility index (Phi) is 3.95. The van der Waals surface area contributed by atoms with Gasteiger partial charge < -0.3 is 9.72 Å². The third-order valence-electron chi connectivity index (χ3n) is 5.13. The molecule has 26 heavy (non-hydrogen) atoms. The van der Waals surface area contributed by atoms with Gasteiger partial charge in [-0.1, -0.05) is 49.4 Å². The van der Waals surface area contributed by atoms with Crippen LogP contribution in [0.25, 0.3) is 16.3 Å². The van der Waals surface area contributed by atoms with Gasteiger partial charge in [-0.25, -0.2) is 0 Å². The fraction of sp³-hybridized carbons (Fsp3) is 0.261. The lowest BCUT2D eigenvalue weighted by molar-refractivity contribution is -0.142. The van der Waals surface area contributed by atoms with Gasteiger partial charge in [-0.2, -0.15) is 0 Å². The van der Waals surface area contributed by atoms with Gasteiger partial charge in [0.05, 0.1) is 5.41 Å². The van der Waals surface area contributed by atoms with E-state index in [0.717, 1.165) is 34.4 Å². The summed E-state index contributed by atoms with van der Waals surface area (Å²) in [5.41, 5.74) is 3.82. The van der Waals surface area contributed by atoms with Gasteiger partial charge in [0.25, 0.3) is 0 Å². The molecule has 0 unspecified atom stereocenters. The topological polar surface area (TPSA) is 42.1 Å². The first-order chi connectivity index (χ1) is 12.5. The average molecular weight is 345 g/mol. The van der Waals surface area contributed by atoms with Crippen LogP contribution >= 0.6 is 0 Å². The zero-order valence-corrected chi connectivity index (χ0v) is 15.4. The molecule has 0 saturated carbocycles. The number of esters is 1. The third-order valence-corrected chi connectivity index (χ3v) is 5.13. The number of carbonyl (C=O) groups is 1. The Morgan fingerprint density at radius 1 is 1.15 bits per heavy atom. The molecule has 3 aromatic rings. The van der Waals surface area contributed by atoms with Gasteiger partial charge in [0.1, 0.15) is 5.76 Å². The second kappa shape index (κ2) is 6.17. The van der Waals surface area contributed by atoms with E-state index in [2.05, 4.69) is 48.3 Å². The molecule has 2 aromatic carbocycles. The summed E-state index contributed by atoms with van der Waals surface area (Å²) in [6.07, 6.45) is 3.59. The number of H-pyrrole nitrogens is 1. The van der Waals surface area contributed by atoms with Crippen molar-refractivity contribution >= 4 is 22.3 Å². The molecule has 132 valence electrons. The van der Waals surface area contributed by atoms with E-state index in [1.54, 1.807) is 0 Å². The predicted octanol–water partition coefficient (Wildman–Crippen LogP) is 5.46. The molecular weight excluding hydrogens is 322 g/mol. The number of aromatic amines is 1. The Balaban J connectivity index is 1.99. The minimum absolute atomic E-state index is 0.160. The van der Waals surface area contributed by atoms with Crippen molar-refractivity contribution in [2.24, 2.45) is 5.41 Å². The van der Waals surface area contributed by atoms with Crippen LogP contribution in [0.1, 0.15) is 44.0 Å². The van der Waals surface area contributed by atoms with Gasteiger partial charge >= 0.3 is 5.97 Å². The molecule has 0 radical (unpaired) electrons. The Labute approximate surface area is 153 Å². The van der Waals surface area contributed by atoms with Crippen molar-refractivity contribution < 1.29 is 9.53 Å². The maximum absolute atomic E-state index is 12.3. The van der Waals surface area contributed by atoms with E-state index in [-0.39, 0.29) is 5.97 Å². The second-order valence-electron chi connectivity index (χ2n) is 7.55. The van der Waals surface area contributed by atoms with Gasteiger partial charge in [-0.05, 0) is 48.2 Å². The molecule has 1 aromatic heterocycles. The first kappa shape index (κ1) is 16.6. The number of hydrogen-bond acceptors (Lipinski definition) is 2. The number of cyclic esters (lactones) is 1. The van der Waals surface area contributed by atoms with E-state index < -0.39 is 5.41 Å². The summed E-state index contributed by atoms with van der Waals surface area (Å²) >= 11 is 0. The lowest BCUT2D eigenvalue weighted by atomic mass is 9.88. The smallest absolute Gasteiger partial charge is 0.317 e. The highest BCUT2D eigenvalue weighted by Crippen LogP contribution is 2.42. The number of rotatable bonds is 3. The number of aryl methyl sites for hydroxylation is 1. The highest BCUT2D eigenvalue weighted by atomic mass is 16.5. The molecule has 0 aliphatic carbocycles. The summed E-state index contributed by atoms with van der Waals surface area (Å²) in [7, 11) is 0. The molecule has 1 saturated heterocycles. The normalized spacial score (nSPS) is 18.2. The zero-order valence-electron chi connectivity index (χ0n) is 15.4. The van der Waals surface area contributed by atoms with E-state index in [1.165, 1.54) is 10.9 Å². The minimum atomic E-state index is -0.495. The Hall–Kier alpha value is -2.81. The Morgan fingerprint density at radius 3 is 2.62 bits per heavy atom. The first-order valence-electron chi connectivity index (χ1n) is 9.11. The van der Waals surface area contributed by atoms with Crippen LogP contribution in [0.15, 0.2) is 60.5 Å². The Bertz CT molecular complexity index is 1020.